The van der Waals surface area contributed by atoms with Crippen molar-refractivity contribution in [3.05, 3.63) is 47.5 Å². The van der Waals surface area contributed by atoms with Crippen molar-refractivity contribution in [3.63, 3.8) is 0 Å². The number of aliphatic carboxylic acids is 1. The minimum atomic E-state index is -3.87. The van der Waals surface area contributed by atoms with E-state index in [1.165, 1.54) is 18.2 Å². The van der Waals surface area contributed by atoms with E-state index in [9.17, 15) is 13.6 Å². The maximum atomic E-state index is 13.5. The second-order valence-electron chi connectivity index (χ2n) is 3.86. The molecule has 0 spiro atoms. The van der Waals surface area contributed by atoms with Crippen LogP contribution in [0.1, 0.15) is 11.1 Å². The molecule has 2 aromatic rings. The van der Waals surface area contributed by atoms with E-state index in [0.29, 0.717) is 5.39 Å². The molecule has 0 saturated heterocycles. The van der Waals surface area contributed by atoms with E-state index in [0.717, 1.165) is 5.56 Å². The van der Waals surface area contributed by atoms with Gasteiger partial charge in [0.15, 0.2) is 0 Å². The van der Waals surface area contributed by atoms with Crippen molar-refractivity contribution in [2.45, 2.75) is 12.8 Å². The van der Waals surface area contributed by atoms with Crippen LogP contribution in [0.2, 0.25) is 0 Å². The van der Waals surface area contributed by atoms with Gasteiger partial charge in [0, 0.05) is 5.56 Å². The van der Waals surface area contributed by atoms with Gasteiger partial charge in [0.1, 0.15) is 0 Å². The van der Waals surface area contributed by atoms with Crippen LogP contribution in [0.3, 0.4) is 0 Å². The Morgan fingerprint density at radius 1 is 1.12 bits per heavy atom. The molecule has 4 heteroatoms. The highest BCUT2D eigenvalue weighted by atomic mass is 19.3. The normalized spacial score (nSPS) is 11.7. The van der Waals surface area contributed by atoms with Crippen LogP contribution in [-0.4, -0.2) is 11.1 Å². The number of rotatable bonds is 2. The quantitative estimate of drug-likeness (QED) is 0.868. The van der Waals surface area contributed by atoms with E-state index in [1.54, 1.807) is 25.1 Å². The second kappa shape index (κ2) is 3.80. The molecule has 0 amide bonds. The van der Waals surface area contributed by atoms with Crippen molar-refractivity contribution in [1.82, 2.24) is 0 Å². The number of halogens is 2. The molecule has 88 valence electrons. The van der Waals surface area contributed by atoms with Gasteiger partial charge in [0.25, 0.3) is 0 Å². The number of alkyl halides is 2. The Balaban J connectivity index is 2.80. The van der Waals surface area contributed by atoms with E-state index in [1.807, 2.05) is 0 Å². The third kappa shape index (κ3) is 1.75. The molecular formula is C13H10F2O2. The lowest BCUT2D eigenvalue weighted by Gasteiger charge is -2.15. The lowest BCUT2D eigenvalue weighted by molar-refractivity contribution is -0.166. The van der Waals surface area contributed by atoms with Crippen LogP contribution in [0, 0.1) is 6.92 Å². The fourth-order valence-corrected chi connectivity index (χ4v) is 1.84. The Morgan fingerprint density at radius 3 is 2.29 bits per heavy atom. The van der Waals surface area contributed by atoms with Crippen molar-refractivity contribution in [2.24, 2.45) is 0 Å². The van der Waals surface area contributed by atoms with Crippen LogP contribution in [0.15, 0.2) is 36.4 Å². The summed E-state index contributed by atoms with van der Waals surface area (Å²) in [5, 5.41) is 9.50. The first kappa shape index (κ1) is 11.5. The minimum absolute atomic E-state index is 0.278. The number of carboxylic acids is 1. The number of carboxylic acid groups (broad SMARTS) is 1. The summed E-state index contributed by atoms with van der Waals surface area (Å²) in [5.74, 6) is -6.00. The summed E-state index contributed by atoms with van der Waals surface area (Å²) in [5.41, 5.74) is 0.372. The van der Waals surface area contributed by atoms with E-state index >= 15 is 0 Å². The summed E-state index contributed by atoms with van der Waals surface area (Å²) in [6, 6.07) is 9.24. The van der Waals surface area contributed by atoms with Crippen LogP contribution >= 0.6 is 0 Å². The lowest BCUT2D eigenvalue weighted by atomic mass is 9.96. The molecule has 17 heavy (non-hydrogen) atoms. The SMILES string of the molecule is Cc1ccc(C(F)(F)C(=O)O)c2ccccc12. The number of aryl methyl sites for hydroxylation is 1. The Morgan fingerprint density at radius 2 is 1.71 bits per heavy atom. The maximum Gasteiger partial charge on any atom is 0.379 e. The van der Waals surface area contributed by atoms with Gasteiger partial charge in [-0.3, -0.25) is 0 Å². The summed E-state index contributed by atoms with van der Waals surface area (Å²) in [7, 11) is 0. The highest BCUT2D eigenvalue weighted by molar-refractivity contribution is 5.93. The summed E-state index contributed by atoms with van der Waals surface area (Å²) < 4.78 is 27.1. The van der Waals surface area contributed by atoms with Crippen LogP contribution in [-0.2, 0) is 10.7 Å². The van der Waals surface area contributed by atoms with Crippen molar-refractivity contribution in [3.8, 4) is 0 Å². The molecule has 0 saturated carbocycles. The average Bonchev–Trinajstić information content (AvgIpc) is 2.29. The highest BCUT2D eigenvalue weighted by Gasteiger charge is 2.42. The van der Waals surface area contributed by atoms with Gasteiger partial charge in [0.05, 0.1) is 0 Å². The molecular weight excluding hydrogens is 226 g/mol. The van der Waals surface area contributed by atoms with E-state index in [-0.39, 0.29) is 5.39 Å². The van der Waals surface area contributed by atoms with Gasteiger partial charge < -0.3 is 5.11 Å². The maximum absolute atomic E-state index is 13.5. The largest absolute Gasteiger partial charge is 0.477 e. The predicted octanol–water partition coefficient (Wildman–Crippen LogP) is 3.32. The van der Waals surface area contributed by atoms with Crippen molar-refractivity contribution in [1.29, 1.82) is 0 Å². The van der Waals surface area contributed by atoms with Gasteiger partial charge in [-0.1, -0.05) is 36.4 Å². The lowest BCUT2D eigenvalue weighted by Crippen LogP contribution is -2.25. The molecule has 2 nitrogen and oxygen atoms in total. The molecule has 2 aromatic carbocycles. The molecule has 0 heterocycles. The topological polar surface area (TPSA) is 37.3 Å². The molecule has 0 bridgehead atoms. The van der Waals surface area contributed by atoms with Crippen molar-refractivity contribution >= 4 is 16.7 Å². The summed E-state index contributed by atoms with van der Waals surface area (Å²) >= 11 is 0. The predicted molar refractivity (Wildman–Crippen MR) is 60.2 cm³/mol. The van der Waals surface area contributed by atoms with Gasteiger partial charge in [-0.15, -0.1) is 0 Å². The van der Waals surface area contributed by atoms with Gasteiger partial charge in [-0.25, -0.2) is 4.79 Å². The number of hydrogen-bond acceptors (Lipinski definition) is 1. The smallest absolute Gasteiger partial charge is 0.379 e. The van der Waals surface area contributed by atoms with Gasteiger partial charge in [0.2, 0.25) is 0 Å². The Bertz CT molecular complexity index is 591. The number of carbonyl (C=O) groups is 1. The molecule has 0 atom stereocenters. The first-order chi connectivity index (χ1) is 7.94. The van der Waals surface area contributed by atoms with Crippen LogP contribution < -0.4 is 0 Å². The zero-order valence-corrected chi connectivity index (χ0v) is 9.08. The number of fused-ring (bicyclic) bond motifs is 1. The van der Waals surface area contributed by atoms with Crippen LogP contribution in [0.4, 0.5) is 8.78 Å². The number of hydrogen-bond donors (Lipinski definition) is 1. The van der Waals surface area contributed by atoms with E-state index in [4.69, 9.17) is 5.11 Å². The fraction of sp³-hybridized carbons (Fsp3) is 0.154. The second-order valence-corrected chi connectivity index (χ2v) is 3.86. The standard InChI is InChI=1S/C13H10F2O2/c1-8-6-7-11(13(14,15)12(16)17)10-5-3-2-4-9(8)10/h2-7H,1H3,(H,16,17). The fourth-order valence-electron chi connectivity index (χ4n) is 1.84. The molecule has 0 aliphatic carbocycles. The van der Waals surface area contributed by atoms with Gasteiger partial charge in [-0.05, 0) is 23.3 Å². The number of benzene rings is 2. The van der Waals surface area contributed by atoms with Gasteiger partial charge in [-0.2, -0.15) is 8.78 Å². The minimum Gasteiger partial charge on any atom is -0.477 e. The summed E-state index contributed by atoms with van der Waals surface area (Å²) in [6.07, 6.45) is 0. The first-order valence-corrected chi connectivity index (χ1v) is 5.04. The molecule has 0 aliphatic rings. The molecule has 0 fully saturated rings. The Kier molecular flexibility index (Phi) is 2.58. The monoisotopic (exact) mass is 236 g/mol. The van der Waals surface area contributed by atoms with Crippen molar-refractivity contribution < 1.29 is 18.7 Å². The van der Waals surface area contributed by atoms with Crippen LogP contribution in [0.25, 0.3) is 10.8 Å². The first-order valence-electron chi connectivity index (χ1n) is 5.04. The van der Waals surface area contributed by atoms with E-state index < -0.39 is 17.5 Å². The third-order valence-corrected chi connectivity index (χ3v) is 2.75. The zero-order valence-electron chi connectivity index (χ0n) is 9.08. The molecule has 2 rings (SSSR count). The molecule has 0 aromatic heterocycles. The molecule has 0 unspecified atom stereocenters. The third-order valence-electron chi connectivity index (χ3n) is 2.75. The highest BCUT2D eigenvalue weighted by Crippen LogP contribution is 2.34. The zero-order chi connectivity index (χ0) is 12.6. The average molecular weight is 236 g/mol. The molecule has 1 N–H and O–H groups in total. The summed E-state index contributed by atoms with van der Waals surface area (Å²) in [4.78, 5) is 10.6. The summed E-state index contributed by atoms with van der Waals surface area (Å²) in [6.45, 7) is 1.80. The van der Waals surface area contributed by atoms with Gasteiger partial charge >= 0.3 is 11.9 Å². The Hall–Kier alpha value is -1.97. The Labute approximate surface area is 96.5 Å². The molecule has 0 aliphatic heterocycles. The molecule has 0 radical (unpaired) electrons. The van der Waals surface area contributed by atoms with Crippen molar-refractivity contribution in [2.75, 3.05) is 0 Å². The van der Waals surface area contributed by atoms with E-state index in [2.05, 4.69) is 0 Å². The van der Waals surface area contributed by atoms with Crippen LogP contribution in [0.5, 0.6) is 0 Å².